The molecule has 0 unspecified atom stereocenters. The first kappa shape index (κ1) is 20.0. The van der Waals surface area contributed by atoms with Gasteiger partial charge in [-0.3, -0.25) is 19.7 Å². The molecule has 2 amide bonds. The van der Waals surface area contributed by atoms with Gasteiger partial charge in [0.15, 0.2) is 0 Å². The van der Waals surface area contributed by atoms with Gasteiger partial charge in [0, 0.05) is 6.07 Å². The lowest BCUT2D eigenvalue weighted by Crippen LogP contribution is -2.29. The van der Waals surface area contributed by atoms with Crippen LogP contribution in [0.5, 0.6) is 0 Å². The van der Waals surface area contributed by atoms with Gasteiger partial charge in [0.05, 0.1) is 32.9 Å². The minimum atomic E-state index is -0.755. The summed E-state index contributed by atoms with van der Waals surface area (Å²) >= 11 is 0. The second kappa shape index (κ2) is 7.83. The molecule has 1 heterocycles. The number of nitro benzene ring substituents is 1. The number of fused-ring (bicyclic) bond motifs is 1. The van der Waals surface area contributed by atoms with Crippen LogP contribution in [-0.2, 0) is 11.3 Å². The van der Waals surface area contributed by atoms with Crippen molar-refractivity contribution in [2.24, 2.45) is 0 Å². The van der Waals surface area contributed by atoms with E-state index in [4.69, 9.17) is 4.74 Å². The van der Waals surface area contributed by atoms with Gasteiger partial charge in [-0.15, -0.1) is 0 Å². The van der Waals surface area contributed by atoms with Crippen molar-refractivity contribution in [1.82, 2.24) is 0 Å². The number of esters is 1. The van der Waals surface area contributed by atoms with Gasteiger partial charge in [-0.05, 0) is 43.3 Å². The molecule has 3 aromatic carbocycles. The fraction of sp³-hybridized carbons (Fsp3) is 0.0870. The summed E-state index contributed by atoms with van der Waals surface area (Å²) in [5, 5.41) is 11.1. The molecule has 0 saturated carbocycles. The number of amides is 2. The number of hydrogen-bond donors (Lipinski definition) is 0. The van der Waals surface area contributed by atoms with E-state index >= 15 is 0 Å². The zero-order valence-electron chi connectivity index (χ0n) is 16.4. The number of ether oxygens (including phenoxy) is 1. The van der Waals surface area contributed by atoms with Gasteiger partial charge in [0.2, 0.25) is 0 Å². The Hall–Kier alpha value is -4.33. The average Bonchev–Trinajstić information content (AvgIpc) is 3.02. The highest BCUT2D eigenvalue weighted by Gasteiger charge is 2.37. The van der Waals surface area contributed by atoms with Gasteiger partial charge < -0.3 is 4.74 Å². The summed E-state index contributed by atoms with van der Waals surface area (Å²) in [7, 11) is 0. The number of carbonyl (C=O) groups is 3. The lowest BCUT2D eigenvalue weighted by atomic mass is 10.1. The molecule has 0 aliphatic carbocycles. The largest absolute Gasteiger partial charge is 0.457 e. The molecule has 1 aliphatic rings. The number of imide groups is 1. The maximum Gasteiger partial charge on any atom is 0.338 e. The van der Waals surface area contributed by atoms with E-state index in [1.54, 1.807) is 30.3 Å². The zero-order valence-corrected chi connectivity index (χ0v) is 16.4. The molecule has 0 aromatic heterocycles. The molecule has 0 saturated heterocycles. The average molecular weight is 416 g/mol. The standard InChI is InChI=1S/C23H16N2O6/c1-14-6-9-17(10-7-14)24-21(26)18-11-8-15(12-19(18)22(24)27)23(28)31-13-16-4-2-3-5-20(16)25(29)30/h2-12H,13H2,1H3. The number of nitro groups is 1. The molecule has 4 rings (SSSR count). The number of anilines is 1. The molecular weight excluding hydrogens is 400 g/mol. The van der Waals surface area contributed by atoms with Crippen molar-refractivity contribution in [3.8, 4) is 0 Å². The maximum atomic E-state index is 12.8. The van der Waals surface area contributed by atoms with E-state index < -0.39 is 22.7 Å². The Labute approximate surface area is 176 Å². The molecule has 8 heteroatoms. The topological polar surface area (TPSA) is 107 Å². The lowest BCUT2D eigenvalue weighted by molar-refractivity contribution is -0.385. The number of nitrogens with zero attached hydrogens (tertiary/aromatic N) is 2. The van der Waals surface area contributed by atoms with E-state index in [2.05, 4.69) is 0 Å². The predicted molar refractivity (Wildman–Crippen MR) is 111 cm³/mol. The number of rotatable bonds is 5. The summed E-state index contributed by atoms with van der Waals surface area (Å²) in [6.07, 6.45) is 0. The Bertz CT molecular complexity index is 1230. The van der Waals surface area contributed by atoms with Crippen LogP contribution in [0.15, 0.2) is 66.7 Å². The van der Waals surface area contributed by atoms with Crippen LogP contribution in [0, 0.1) is 17.0 Å². The smallest absolute Gasteiger partial charge is 0.338 e. The second-order valence-corrected chi connectivity index (χ2v) is 7.00. The molecular formula is C23H16N2O6. The van der Waals surface area contributed by atoms with Gasteiger partial charge in [-0.2, -0.15) is 0 Å². The number of benzene rings is 3. The van der Waals surface area contributed by atoms with E-state index in [-0.39, 0.29) is 34.5 Å². The van der Waals surface area contributed by atoms with E-state index in [0.29, 0.717) is 5.69 Å². The minimum Gasteiger partial charge on any atom is -0.457 e. The van der Waals surface area contributed by atoms with Crippen LogP contribution >= 0.6 is 0 Å². The summed E-state index contributed by atoms with van der Waals surface area (Å²) in [6.45, 7) is 1.60. The van der Waals surface area contributed by atoms with Gasteiger partial charge in [-0.25, -0.2) is 9.69 Å². The molecule has 0 radical (unpaired) electrons. The van der Waals surface area contributed by atoms with Crippen LogP contribution < -0.4 is 4.90 Å². The molecule has 0 spiro atoms. The van der Waals surface area contributed by atoms with Crippen LogP contribution in [0.4, 0.5) is 11.4 Å². The molecule has 31 heavy (non-hydrogen) atoms. The molecule has 0 fully saturated rings. The number of carbonyl (C=O) groups excluding carboxylic acids is 3. The Morgan fingerprint density at radius 1 is 0.968 bits per heavy atom. The summed E-state index contributed by atoms with van der Waals surface area (Å²) in [4.78, 5) is 49.6. The Morgan fingerprint density at radius 2 is 1.65 bits per heavy atom. The third-order valence-electron chi connectivity index (χ3n) is 4.96. The van der Waals surface area contributed by atoms with Crippen molar-refractivity contribution in [2.75, 3.05) is 4.90 Å². The second-order valence-electron chi connectivity index (χ2n) is 7.00. The predicted octanol–water partition coefficient (Wildman–Crippen LogP) is 4.06. The molecule has 0 bridgehead atoms. The first-order chi connectivity index (χ1) is 14.9. The first-order valence-corrected chi connectivity index (χ1v) is 9.36. The fourth-order valence-electron chi connectivity index (χ4n) is 3.33. The van der Waals surface area contributed by atoms with Gasteiger partial charge in [0.1, 0.15) is 6.61 Å². The normalized spacial score (nSPS) is 12.6. The van der Waals surface area contributed by atoms with Crippen LogP contribution in [0.3, 0.4) is 0 Å². The van der Waals surface area contributed by atoms with Crippen LogP contribution in [0.25, 0.3) is 0 Å². The highest BCUT2D eigenvalue weighted by Crippen LogP contribution is 2.29. The monoisotopic (exact) mass is 416 g/mol. The van der Waals surface area contributed by atoms with E-state index in [9.17, 15) is 24.5 Å². The van der Waals surface area contributed by atoms with Crippen LogP contribution in [0.2, 0.25) is 0 Å². The maximum absolute atomic E-state index is 12.8. The SMILES string of the molecule is Cc1ccc(N2C(=O)c3ccc(C(=O)OCc4ccccc4[N+](=O)[O-])cc3C2=O)cc1. The molecule has 1 aliphatic heterocycles. The quantitative estimate of drug-likeness (QED) is 0.269. The first-order valence-electron chi connectivity index (χ1n) is 9.36. The van der Waals surface area contributed by atoms with Crippen molar-refractivity contribution in [3.05, 3.63) is 105 Å². The Morgan fingerprint density at radius 3 is 2.35 bits per heavy atom. The van der Waals surface area contributed by atoms with Gasteiger partial charge in [-0.1, -0.05) is 29.8 Å². The summed E-state index contributed by atoms with van der Waals surface area (Å²) in [5.41, 5.74) is 1.90. The summed E-state index contributed by atoms with van der Waals surface area (Å²) in [6, 6.07) is 17.0. The number of aryl methyl sites for hydroxylation is 1. The minimum absolute atomic E-state index is 0.0734. The molecule has 0 atom stereocenters. The summed E-state index contributed by atoms with van der Waals surface area (Å²) < 4.78 is 5.20. The van der Waals surface area contributed by atoms with Gasteiger partial charge >= 0.3 is 5.97 Å². The summed E-state index contributed by atoms with van der Waals surface area (Å²) in [5.74, 6) is -1.75. The molecule has 0 N–H and O–H groups in total. The molecule has 3 aromatic rings. The Kier molecular flexibility index (Phi) is 5.04. The van der Waals surface area contributed by atoms with Crippen molar-refractivity contribution in [2.45, 2.75) is 13.5 Å². The van der Waals surface area contributed by atoms with Gasteiger partial charge in [0.25, 0.3) is 17.5 Å². The van der Waals surface area contributed by atoms with Crippen molar-refractivity contribution in [1.29, 1.82) is 0 Å². The molecule has 154 valence electrons. The van der Waals surface area contributed by atoms with Crippen molar-refractivity contribution < 1.29 is 24.0 Å². The number of hydrogen-bond acceptors (Lipinski definition) is 6. The van der Waals surface area contributed by atoms with Crippen molar-refractivity contribution in [3.63, 3.8) is 0 Å². The Balaban J connectivity index is 1.55. The zero-order chi connectivity index (χ0) is 22.1. The van der Waals surface area contributed by atoms with Crippen molar-refractivity contribution >= 4 is 29.2 Å². The van der Waals surface area contributed by atoms with E-state index in [1.165, 1.54) is 36.4 Å². The van der Waals surface area contributed by atoms with E-state index in [1.807, 2.05) is 6.92 Å². The highest BCUT2D eigenvalue weighted by molar-refractivity contribution is 6.34. The highest BCUT2D eigenvalue weighted by atomic mass is 16.6. The lowest BCUT2D eigenvalue weighted by Gasteiger charge is -2.13. The third-order valence-corrected chi connectivity index (χ3v) is 4.96. The van der Waals surface area contributed by atoms with Crippen LogP contribution in [0.1, 0.15) is 42.2 Å². The fourth-order valence-corrected chi connectivity index (χ4v) is 3.33. The third kappa shape index (κ3) is 3.66. The number of para-hydroxylation sites is 1. The van der Waals surface area contributed by atoms with Crippen LogP contribution in [-0.4, -0.2) is 22.7 Å². The van der Waals surface area contributed by atoms with E-state index in [0.717, 1.165) is 10.5 Å². The molecule has 8 nitrogen and oxygen atoms in total.